The second-order valence-electron chi connectivity index (χ2n) is 10.2. The van der Waals surface area contributed by atoms with Crippen LogP contribution in [0.15, 0.2) is 46.3 Å². The lowest BCUT2D eigenvalue weighted by Crippen LogP contribution is -2.54. The molecule has 8 heteroatoms. The number of carbonyl (C=O) groups is 2. The second-order valence-corrected chi connectivity index (χ2v) is 11.3. The molecule has 1 fully saturated rings. The van der Waals surface area contributed by atoms with Crippen molar-refractivity contribution in [3.8, 4) is 0 Å². The van der Waals surface area contributed by atoms with Crippen LogP contribution in [0.25, 0.3) is 20.2 Å². The highest BCUT2D eigenvalue weighted by Gasteiger charge is 2.36. The van der Waals surface area contributed by atoms with E-state index in [4.69, 9.17) is 9.57 Å². The Bertz CT molecular complexity index is 1420. The van der Waals surface area contributed by atoms with Crippen molar-refractivity contribution in [3.05, 3.63) is 57.7 Å². The summed E-state index contributed by atoms with van der Waals surface area (Å²) in [6, 6.07) is 10.6. The van der Waals surface area contributed by atoms with Gasteiger partial charge in [0.15, 0.2) is 11.2 Å². The lowest BCUT2D eigenvalue weighted by Gasteiger charge is -2.39. The molecule has 0 radical (unpaired) electrons. The van der Waals surface area contributed by atoms with E-state index in [1.807, 2.05) is 26.0 Å². The number of hydrogen-bond donors (Lipinski definition) is 0. The number of ketones is 2. The van der Waals surface area contributed by atoms with Crippen molar-refractivity contribution in [1.82, 2.24) is 4.90 Å². The van der Waals surface area contributed by atoms with E-state index < -0.39 is 5.54 Å². The van der Waals surface area contributed by atoms with Crippen LogP contribution >= 0.6 is 11.3 Å². The third kappa shape index (κ3) is 5.87. The number of morpholine rings is 1. The highest BCUT2D eigenvalue weighted by molar-refractivity contribution is 7.24. The van der Waals surface area contributed by atoms with E-state index in [1.54, 1.807) is 24.3 Å². The van der Waals surface area contributed by atoms with Gasteiger partial charge in [-0.3, -0.25) is 19.3 Å². The lowest BCUT2D eigenvalue weighted by molar-refractivity contribution is -0.00429. The largest absolute Gasteiger partial charge is 0.399 e. The van der Waals surface area contributed by atoms with Crippen molar-refractivity contribution >= 4 is 48.8 Å². The minimum atomic E-state index is -0.714. The molecule has 0 spiro atoms. The third-order valence-corrected chi connectivity index (χ3v) is 8.43. The van der Waals surface area contributed by atoms with E-state index in [-0.39, 0.29) is 17.0 Å². The van der Waals surface area contributed by atoms with Gasteiger partial charge in [-0.15, -0.1) is 11.3 Å². The molecule has 0 amide bonds. The monoisotopic (exact) mass is 536 g/mol. The summed E-state index contributed by atoms with van der Waals surface area (Å²) in [6.07, 6.45) is 4.61. The predicted molar refractivity (Wildman–Crippen MR) is 154 cm³/mol. The Labute approximate surface area is 227 Å². The zero-order valence-electron chi connectivity index (χ0n) is 22.7. The highest BCUT2D eigenvalue weighted by Crippen LogP contribution is 2.29. The first-order chi connectivity index (χ1) is 18.3. The minimum Gasteiger partial charge on any atom is -0.399 e. The van der Waals surface area contributed by atoms with Crippen LogP contribution in [0.2, 0.25) is 0 Å². The number of carbonyl (C=O) groups excluding carboxylic acids is 2. The summed E-state index contributed by atoms with van der Waals surface area (Å²) >= 11 is 1.48. The van der Waals surface area contributed by atoms with E-state index in [9.17, 15) is 14.4 Å². The Morgan fingerprint density at radius 1 is 1.00 bits per heavy atom. The van der Waals surface area contributed by atoms with Gasteiger partial charge in [0.05, 0.1) is 18.8 Å². The fourth-order valence-electron chi connectivity index (χ4n) is 4.95. The summed E-state index contributed by atoms with van der Waals surface area (Å²) in [5.41, 5.74) is 0.377. The maximum absolute atomic E-state index is 13.6. The maximum atomic E-state index is 13.6. The average Bonchev–Trinajstić information content (AvgIpc) is 2.94. The van der Waals surface area contributed by atoms with Crippen molar-refractivity contribution in [2.75, 3.05) is 33.4 Å². The Hall–Kier alpha value is -2.94. The molecule has 1 saturated heterocycles. The van der Waals surface area contributed by atoms with Crippen LogP contribution in [0, 0.1) is 0 Å². The fraction of sp³-hybridized carbons (Fsp3) is 0.467. The molecule has 2 aromatic carbocycles. The molecule has 0 saturated carbocycles. The van der Waals surface area contributed by atoms with Crippen LogP contribution in [0.5, 0.6) is 0 Å². The zero-order valence-corrected chi connectivity index (χ0v) is 23.5. The highest BCUT2D eigenvalue weighted by atomic mass is 32.1. The van der Waals surface area contributed by atoms with Crippen LogP contribution < -0.4 is 5.43 Å². The molecule has 0 bridgehead atoms. The number of benzene rings is 2. The van der Waals surface area contributed by atoms with E-state index in [1.165, 1.54) is 18.4 Å². The van der Waals surface area contributed by atoms with Gasteiger partial charge in [-0.1, -0.05) is 31.3 Å². The van der Waals surface area contributed by atoms with Crippen molar-refractivity contribution in [3.63, 3.8) is 0 Å². The number of ether oxygens (including phenoxy) is 1. The van der Waals surface area contributed by atoms with Crippen LogP contribution in [0.1, 0.15) is 73.6 Å². The van der Waals surface area contributed by atoms with Crippen molar-refractivity contribution in [1.29, 1.82) is 0 Å². The molecular formula is C30H36N2O5S. The Balaban J connectivity index is 1.68. The van der Waals surface area contributed by atoms with Crippen LogP contribution in [0.3, 0.4) is 0 Å². The molecule has 7 nitrogen and oxygen atoms in total. The predicted octanol–water partition coefficient (Wildman–Crippen LogP) is 5.86. The average molecular weight is 537 g/mol. The fourth-order valence-corrected chi connectivity index (χ4v) is 5.99. The number of nitrogens with zero attached hydrogens (tertiary/aromatic N) is 2. The molecule has 3 aromatic rings. The topological polar surface area (TPSA) is 85.3 Å². The number of rotatable bonds is 11. The first-order valence-corrected chi connectivity index (χ1v) is 14.1. The van der Waals surface area contributed by atoms with E-state index in [0.29, 0.717) is 60.3 Å². The molecule has 1 aliphatic heterocycles. The normalized spacial score (nSPS) is 15.2. The zero-order chi connectivity index (χ0) is 27.3. The number of hydrogen-bond acceptors (Lipinski definition) is 8. The van der Waals surface area contributed by atoms with Gasteiger partial charge < -0.3 is 9.57 Å². The van der Waals surface area contributed by atoms with Gasteiger partial charge in [-0.2, -0.15) is 0 Å². The number of Topliss-reactive ketones (excluding diaryl/α,β-unsaturated/α-hetero) is 2. The second kappa shape index (κ2) is 12.3. The summed E-state index contributed by atoms with van der Waals surface area (Å²) < 4.78 is 7.04. The smallest absolute Gasteiger partial charge is 0.210 e. The molecule has 4 rings (SSSR count). The number of fused-ring (bicyclic) bond motifs is 2. The van der Waals surface area contributed by atoms with Gasteiger partial charge in [-0.05, 0) is 63.1 Å². The molecule has 2 heterocycles. The van der Waals surface area contributed by atoms with Gasteiger partial charge in [0, 0.05) is 44.4 Å². The molecule has 1 aromatic heterocycles. The Morgan fingerprint density at radius 2 is 1.63 bits per heavy atom. The summed E-state index contributed by atoms with van der Waals surface area (Å²) in [6.45, 7) is 8.56. The molecule has 202 valence electrons. The van der Waals surface area contributed by atoms with Gasteiger partial charge in [0.1, 0.15) is 12.8 Å². The molecule has 0 atom stereocenters. The quantitative estimate of drug-likeness (QED) is 0.100. The first kappa shape index (κ1) is 28.1. The van der Waals surface area contributed by atoms with Crippen LogP contribution in [0.4, 0.5) is 0 Å². The summed E-state index contributed by atoms with van der Waals surface area (Å²) in [4.78, 5) is 47.5. The number of unbranched alkanes of at least 4 members (excludes halogenated alkanes) is 3. The molecule has 0 aliphatic carbocycles. The van der Waals surface area contributed by atoms with Crippen LogP contribution in [-0.2, 0) is 9.57 Å². The van der Waals surface area contributed by atoms with Gasteiger partial charge in [0.25, 0.3) is 0 Å². The van der Waals surface area contributed by atoms with Crippen LogP contribution in [-0.4, -0.2) is 61.1 Å². The molecular weight excluding hydrogens is 500 g/mol. The molecule has 0 N–H and O–H groups in total. The van der Waals surface area contributed by atoms with Crippen molar-refractivity contribution < 1.29 is 19.2 Å². The molecule has 1 aliphatic rings. The van der Waals surface area contributed by atoms with Crippen molar-refractivity contribution in [2.24, 2.45) is 5.16 Å². The third-order valence-electron chi connectivity index (χ3n) is 7.28. The SMILES string of the molecule is CCCCCC/C(=N\OC)C(=O)c1ccc2sc3ccc(C(=O)C(C)(C)N4CCOCC4)cc3c(=O)c2c1. The summed E-state index contributed by atoms with van der Waals surface area (Å²) in [7, 11) is 1.43. The Kier molecular flexibility index (Phi) is 9.07. The van der Waals surface area contributed by atoms with E-state index >= 15 is 0 Å². The minimum absolute atomic E-state index is 0.0294. The first-order valence-electron chi connectivity index (χ1n) is 13.3. The van der Waals surface area contributed by atoms with E-state index in [0.717, 1.165) is 35.1 Å². The maximum Gasteiger partial charge on any atom is 0.210 e. The standard InChI is InChI=1S/C30H36N2O5S/c1-5-6-7-8-9-24(31-36-4)27(33)20-10-12-25-22(18-20)28(34)23-19-21(11-13-26(23)38-25)29(35)30(2,3)32-14-16-37-17-15-32/h10-13,18-19H,5-9,14-17H2,1-4H3/b31-24+. The van der Waals surface area contributed by atoms with Crippen molar-refractivity contribution in [2.45, 2.75) is 58.4 Å². The van der Waals surface area contributed by atoms with Gasteiger partial charge in [0.2, 0.25) is 5.78 Å². The lowest BCUT2D eigenvalue weighted by atomic mass is 9.90. The summed E-state index contributed by atoms with van der Waals surface area (Å²) in [5, 5.41) is 4.94. The number of oxime groups is 1. The van der Waals surface area contributed by atoms with Gasteiger partial charge >= 0.3 is 0 Å². The van der Waals surface area contributed by atoms with E-state index in [2.05, 4.69) is 17.0 Å². The summed E-state index contributed by atoms with van der Waals surface area (Å²) in [5.74, 6) is -0.260. The molecule has 0 unspecified atom stereocenters. The molecule has 38 heavy (non-hydrogen) atoms. The van der Waals surface area contributed by atoms with Gasteiger partial charge in [-0.25, -0.2) is 0 Å². The Morgan fingerprint density at radius 3 is 2.26 bits per heavy atom.